The lowest BCUT2D eigenvalue weighted by molar-refractivity contribution is 0.133. The number of rotatable bonds is 5. The smallest absolute Gasteiger partial charge is 0.138 e. The summed E-state index contributed by atoms with van der Waals surface area (Å²) in [6.45, 7) is 8.58. The lowest BCUT2D eigenvalue weighted by atomic mass is 10.2. The molecule has 0 aliphatic heterocycles. The summed E-state index contributed by atoms with van der Waals surface area (Å²) in [5, 5.41) is 1.17. The molecule has 2 aromatic heterocycles. The van der Waals surface area contributed by atoms with E-state index in [1.54, 1.807) is 0 Å². The van der Waals surface area contributed by atoms with Crippen molar-refractivity contribution in [3.05, 3.63) is 26.0 Å². The molecule has 0 radical (unpaired) electrons. The Morgan fingerprint density at radius 3 is 2.84 bits per heavy atom. The molecule has 3 nitrogen and oxygen atoms in total. The highest BCUT2D eigenvalue weighted by molar-refractivity contribution is 14.1. The SMILES string of the molecule is C[Si](C)(C)CCOCc1c(Br)cnc2[nH]cc(I)c12. The molecule has 6 heteroatoms. The fourth-order valence-corrected chi connectivity index (χ4v) is 3.70. The summed E-state index contributed by atoms with van der Waals surface area (Å²) in [5.74, 6) is 0. The number of nitrogens with zero attached hydrogens (tertiary/aromatic N) is 1. The summed E-state index contributed by atoms with van der Waals surface area (Å²) in [7, 11) is -1.02. The van der Waals surface area contributed by atoms with Gasteiger partial charge in [0, 0.05) is 46.1 Å². The van der Waals surface area contributed by atoms with Crippen LogP contribution in [-0.4, -0.2) is 24.6 Å². The molecule has 0 atom stereocenters. The van der Waals surface area contributed by atoms with Gasteiger partial charge in [-0.15, -0.1) is 0 Å². The van der Waals surface area contributed by atoms with Crippen LogP contribution >= 0.6 is 38.5 Å². The topological polar surface area (TPSA) is 37.9 Å². The first-order valence-electron chi connectivity index (χ1n) is 6.26. The number of fused-ring (bicyclic) bond motifs is 1. The van der Waals surface area contributed by atoms with E-state index < -0.39 is 8.07 Å². The van der Waals surface area contributed by atoms with Crippen molar-refractivity contribution in [2.45, 2.75) is 32.3 Å². The number of aromatic nitrogens is 2. The number of halogens is 2. The van der Waals surface area contributed by atoms with Crippen LogP contribution in [0.15, 0.2) is 16.9 Å². The average Bonchev–Trinajstić information content (AvgIpc) is 2.68. The molecular weight excluding hydrogens is 435 g/mol. The van der Waals surface area contributed by atoms with E-state index in [2.05, 4.69) is 68.1 Å². The first kappa shape index (κ1) is 15.5. The van der Waals surface area contributed by atoms with Crippen LogP contribution in [0, 0.1) is 3.57 Å². The van der Waals surface area contributed by atoms with E-state index in [9.17, 15) is 0 Å². The molecule has 0 saturated carbocycles. The molecule has 0 unspecified atom stereocenters. The Bertz CT molecular complexity index is 580. The third-order valence-electron chi connectivity index (χ3n) is 2.95. The molecule has 0 saturated heterocycles. The number of ether oxygens (including phenoxy) is 1. The molecule has 2 heterocycles. The molecule has 0 bridgehead atoms. The van der Waals surface area contributed by atoms with E-state index in [1.165, 1.54) is 20.6 Å². The number of hydrogen-bond acceptors (Lipinski definition) is 2. The summed E-state index contributed by atoms with van der Waals surface area (Å²) in [5.41, 5.74) is 2.11. The Hall–Kier alpha value is 0.0769. The van der Waals surface area contributed by atoms with E-state index in [1.807, 2.05) is 12.4 Å². The van der Waals surface area contributed by atoms with Gasteiger partial charge in [0.2, 0.25) is 0 Å². The van der Waals surface area contributed by atoms with Gasteiger partial charge in [0.05, 0.1) is 6.61 Å². The first-order chi connectivity index (χ1) is 8.88. The van der Waals surface area contributed by atoms with Gasteiger partial charge in [-0.25, -0.2) is 4.98 Å². The lowest BCUT2D eigenvalue weighted by Gasteiger charge is -2.15. The fourth-order valence-electron chi connectivity index (χ4n) is 1.79. The Balaban J connectivity index is 2.12. The van der Waals surface area contributed by atoms with E-state index >= 15 is 0 Å². The summed E-state index contributed by atoms with van der Waals surface area (Å²) in [6.07, 6.45) is 3.82. The van der Waals surface area contributed by atoms with Gasteiger partial charge in [-0.2, -0.15) is 0 Å². The van der Waals surface area contributed by atoms with Crippen LogP contribution in [0.4, 0.5) is 0 Å². The Kier molecular flexibility index (Phi) is 5.08. The molecule has 0 aromatic carbocycles. The van der Waals surface area contributed by atoms with Crippen molar-refractivity contribution in [3.63, 3.8) is 0 Å². The van der Waals surface area contributed by atoms with E-state index in [4.69, 9.17) is 4.74 Å². The minimum atomic E-state index is -1.02. The zero-order chi connectivity index (χ0) is 14.0. The average molecular weight is 453 g/mol. The monoisotopic (exact) mass is 452 g/mol. The summed E-state index contributed by atoms with van der Waals surface area (Å²) in [6, 6.07) is 1.20. The lowest BCUT2D eigenvalue weighted by Crippen LogP contribution is -2.21. The quantitative estimate of drug-likeness (QED) is 0.402. The molecule has 104 valence electrons. The van der Waals surface area contributed by atoms with Crippen molar-refractivity contribution >= 4 is 57.6 Å². The molecule has 0 fully saturated rings. The van der Waals surface area contributed by atoms with Crippen LogP contribution in [0.25, 0.3) is 11.0 Å². The van der Waals surface area contributed by atoms with Crippen LogP contribution < -0.4 is 0 Å². The van der Waals surface area contributed by atoms with Crippen molar-refractivity contribution in [1.82, 2.24) is 9.97 Å². The van der Waals surface area contributed by atoms with Gasteiger partial charge in [-0.1, -0.05) is 19.6 Å². The van der Waals surface area contributed by atoms with Gasteiger partial charge in [-0.05, 0) is 44.6 Å². The molecule has 2 rings (SSSR count). The fraction of sp³-hybridized carbons (Fsp3) is 0.462. The van der Waals surface area contributed by atoms with Crippen molar-refractivity contribution in [2.75, 3.05) is 6.61 Å². The normalized spacial score (nSPS) is 12.3. The molecular formula is C13H18BrIN2OSi. The number of H-pyrrole nitrogens is 1. The highest BCUT2D eigenvalue weighted by atomic mass is 127. The third kappa shape index (κ3) is 4.02. The van der Waals surface area contributed by atoms with Crippen molar-refractivity contribution in [1.29, 1.82) is 0 Å². The largest absolute Gasteiger partial charge is 0.377 e. The second-order valence-corrected chi connectivity index (χ2v) is 13.4. The minimum absolute atomic E-state index is 0.637. The van der Waals surface area contributed by atoms with E-state index in [0.29, 0.717) is 6.61 Å². The zero-order valence-electron chi connectivity index (χ0n) is 11.4. The number of aromatic amines is 1. The third-order valence-corrected chi connectivity index (χ3v) is 6.19. The number of hydrogen-bond donors (Lipinski definition) is 1. The standard InChI is InChI=1S/C13H18BrIN2OSi/c1-19(2,3)5-4-18-8-9-10(14)6-16-13-12(9)11(15)7-17-13/h6-7H,4-5,8H2,1-3H3,(H,16,17). The summed E-state index contributed by atoms with van der Waals surface area (Å²) in [4.78, 5) is 7.56. The summed E-state index contributed by atoms with van der Waals surface area (Å²) >= 11 is 5.91. The van der Waals surface area contributed by atoms with E-state index in [0.717, 1.165) is 16.7 Å². The highest BCUT2D eigenvalue weighted by Crippen LogP contribution is 2.29. The van der Waals surface area contributed by atoms with Gasteiger partial charge >= 0.3 is 0 Å². The maximum Gasteiger partial charge on any atom is 0.138 e. The van der Waals surface area contributed by atoms with Crippen LogP contribution in [0.2, 0.25) is 25.7 Å². The molecule has 0 aliphatic rings. The second-order valence-electron chi connectivity index (χ2n) is 5.81. The zero-order valence-corrected chi connectivity index (χ0v) is 16.1. The maximum atomic E-state index is 5.87. The molecule has 0 spiro atoms. The van der Waals surface area contributed by atoms with Gasteiger partial charge in [-0.3, -0.25) is 0 Å². The number of pyridine rings is 1. The van der Waals surface area contributed by atoms with Gasteiger partial charge in [0.25, 0.3) is 0 Å². The highest BCUT2D eigenvalue weighted by Gasteiger charge is 2.14. The van der Waals surface area contributed by atoms with Crippen molar-refractivity contribution in [3.8, 4) is 0 Å². The van der Waals surface area contributed by atoms with Gasteiger partial charge < -0.3 is 9.72 Å². The summed E-state index contributed by atoms with van der Waals surface area (Å²) < 4.78 is 8.07. The Morgan fingerprint density at radius 1 is 1.42 bits per heavy atom. The second kappa shape index (κ2) is 6.24. The first-order valence-corrected chi connectivity index (χ1v) is 11.8. The Labute approximate surface area is 136 Å². The number of nitrogens with one attached hydrogen (secondary N) is 1. The Morgan fingerprint density at radius 2 is 2.16 bits per heavy atom. The van der Waals surface area contributed by atoms with Gasteiger partial charge in [0.1, 0.15) is 5.65 Å². The molecule has 0 aliphatic carbocycles. The predicted octanol–water partition coefficient (Wildman–Crippen LogP) is 4.78. The molecule has 19 heavy (non-hydrogen) atoms. The van der Waals surface area contributed by atoms with Crippen LogP contribution in [-0.2, 0) is 11.3 Å². The maximum absolute atomic E-state index is 5.87. The van der Waals surface area contributed by atoms with Crippen molar-refractivity contribution < 1.29 is 4.74 Å². The molecule has 0 amide bonds. The van der Waals surface area contributed by atoms with Crippen molar-refractivity contribution in [2.24, 2.45) is 0 Å². The van der Waals surface area contributed by atoms with Crippen LogP contribution in [0.1, 0.15) is 5.56 Å². The van der Waals surface area contributed by atoms with Gasteiger partial charge in [0.15, 0.2) is 0 Å². The molecule has 1 N–H and O–H groups in total. The van der Waals surface area contributed by atoms with E-state index in [-0.39, 0.29) is 0 Å². The van der Waals surface area contributed by atoms with Crippen LogP contribution in [0.5, 0.6) is 0 Å². The molecule has 2 aromatic rings. The predicted molar refractivity (Wildman–Crippen MR) is 94.3 cm³/mol. The van der Waals surface area contributed by atoms with Crippen LogP contribution in [0.3, 0.4) is 0 Å². The minimum Gasteiger partial charge on any atom is -0.377 e.